The van der Waals surface area contributed by atoms with E-state index in [1.54, 1.807) is 7.11 Å². The second kappa shape index (κ2) is 5.91. The van der Waals surface area contributed by atoms with Crippen LogP contribution in [0.4, 0.5) is 4.79 Å². The van der Waals surface area contributed by atoms with Gasteiger partial charge in [0.1, 0.15) is 12.4 Å². The molecule has 0 aliphatic rings. The number of carbonyl (C=O) groups excluding carboxylic acids is 1. The number of aromatic amines is 1. The molecule has 1 heterocycles. The number of ether oxygens (including phenoxy) is 2. The van der Waals surface area contributed by atoms with Crippen LogP contribution in [0.15, 0.2) is 18.3 Å². The topological polar surface area (TPSA) is 77.3 Å². The van der Waals surface area contributed by atoms with Crippen LogP contribution in [-0.4, -0.2) is 24.8 Å². The minimum absolute atomic E-state index is 0.00412. The van der Waals surface area contributed by atoms with Crippen LogP contribution in [0.2, 0.25) is 0 Å². The molecule has 0 fully saturated rings. The molecular weight excluding hydrogens is 280 g/mol. The summed E-state index contributed by atoms with van der Waals surface area (Å²) in [5, 5.41) is 1.04. The van der Waals surface area contributed by atoms with E-state index in [-0.39, 0.29) is 17.9 Å². The van der Waals surface area contributed by atoms with E-state index in [0.717, 1.165) is 27.8 Å². The van der Waals surface area contributed by atoms with Crippen molar-refractivity contribution in [2.45, 2.75) is 33.6 Å². The van der Waals surface area contributed by atoms with E-state index in [9.17, 15) is 4.79 Å². The van der Waals surface area contributed by atoms with Crippen LogP contribution in [0.1, 0.15) is 37.8 Å². The third kappa shape index (κ3) is 3.03. The fourth-order valence-electron chi connectivity index (χ4n) is 2.80. The predicted octanol–water partition coefficient (Wildman–Crippen LogP) is 3.71. The largest absolute Gasteiger partial charge is 0.496 e. The number of amides is 1. The zero-order chi connectivity index (χ0) is 16.5. The van der Waals surface area contributed by atoms with E-state index in [1.807, 2.05) is 25.3 Å². The van der Waals surface area contributed by atoms with E-state index in [2.05, 4.69) is 25.8 Å². The summed E-state index contributed by atoms with van der Waals surface area (Å²) in [6.45, 7) is 8.63. The number of H-pyrrole nitrogens is 1. The number of aromatic nitrogens is 1. The average molecular weight is 304 g/mol. The van der Waals surface area contributed by atoms with Crippen LogP contribution in [0, 0.1) is 12.3 Å². The second-order valence-corrected chi connectivity index (χ2v) is 6.63. The van der Waals surface area contributed by atoms with Crippen molar-refractivity contribution in [3.05, 3.63) is 29.5 Å². The van der Waals surface area contributed by atoms with E-state index in [4.69, 9.17) is 15.2 Å². The van der Waals surface area contributed by atoms with Gasteiger partial charge in [0.25, 0.3) is 0 Å². The molecule has 22 heavy (non-hydrogen) atoms. The zero-order valence-electron chi connectivity index (χ0n) is 13.8. The Bertz CT molecular complexity index is 683. The number of hydrogen-bond acceptors (Lipinski definition) is 3. The molecule has 0 bridgehead atoms. The zero-order valence-corrected chi connectivity index (χ0v) is 13.8. The summed E-state index contributed by atoms with van der Waals surface area (Å²) in [4.78, 5) is 14.3. The Balaban J connectivity index is 2.59. The molecule has 5 heteroatoms. The summed E-state index contributed by atoms with van der Waals surface area (Å²) < 4.78 is 10.6. The molecule has 1 aromatic heterocycles. The van der Waals surface area contributed by atoms with Crippen molar-refractivity contribution < 1.29 is 14.3 Å². The molecule has 1 atom stereocenters. The van der Waals surface area contributed by atoms with Crippen molar-refractivity contribution in [1.82, 2.24) is 4.98 Å². The van der Waals surface area contributed by atoms with Crippen LogP contribution in [-0.2, 0) is 4.74 Å². The van der Waals surface area contributed by atoms with Gasteiger partial charge in [0, 0.05) is 17.5 Å². The molecule has 2 aromatic rings. The normalized spacial score (nSPS) is 13.1. The van der Waals surface area contributed by atoms with Crippen molar-refractivity contribution in [3.8, 4) is 5.75 Å². The molecule has 120 valence electrons. The Morgan fingerprint density at radius 1 is 1.36 bits per heavy atom. The van der Waals surface area contributed by atoms with Gasteiger partial charge in [-0.05, 0) is 29.5 Å². The smallest absolute Gasteiger partial charge is 0.404 e. The molecule has 3 N–H and O–H groups in total. The standard InChI is InChI=1S/C17H24N2O3/c1-10-6-7-13(21-5)14-11(8-19-15(10)14)12(17(2,3)4)9-22-16(18)20/h6-8,12,19H,9H2,1-5H3,(H2,18,20). The fraction of sp³-hybridized carbons (Fsp3) is 0.471. The number of primary amides is 1. The van der Waals surface area contributed by atoms with Gasteiger partial charge < -0.3 is 20.2 Å². The highest BCUT2D eigenvalue weighted by atomic mass is 16.5. The first kappa shape index (κ1) is 16.2. The lowest BCUT2D eigenvalue weighted by Gasteiger charge is -2.30. The highest BCUT2D eigenvalue weighted by Crippen LogP contribution is 2.42. The summed E-state index contributed by atoms with van der Waals surface area (Å²) in [7, 11) is 1.66. The lowest BCUT2D eigenvalue weighted by molar-refractivity contribution is 0.126. The Morgan fingerprint density at radius 2 is 2.05 bits per heavy atom. The molecular formula is C17H24N2O3. The maximum atomic E-state index is 11.0. The number of rotatable bonds is 4. The molecule has 0 radical (unpaired) electrons. The number of carbonyl (C=O) groups is 1. The summed E-state index contributed by atoms with van der Waals surface area (Å²) in [5.41, 5.74) is 8.30. The number of hydrogen-bond donors (Lipinski definition) is 2. The summed E-state index contributed by atoms with van der Waals surface area (Å²) in [6, 6.07) is 3.98. The summed E-state index contributed by atoms with van der Waals surface area (Å²) >= 11 is 0. The minimum Gasteiger partial charge on any atom is -0.496 e. The van der Waals surface area contributed by atoms with Crippen LogP contribution in [0.25, 0.3) is 10.9 Å². The van der Waals surface area contributed by atoms with Gasteiger partial charge in [-0.2, -0.15) is 0 Å². The summed E-state index contributed by atoms with van der Waals surface area (Å²) in [6.07, 6.45) is 1.22. The van der Waals surface area contributed by atoms with E-state index < -0.39 is 6.09 Å². The molecule has 1 aromatic carbocycles. The van der Waals surface area contributed by atoms with Crippen LogP contribution < -0.4 is 10.5 Å². The molecule has 0 saturated carbocycles. The Labute approximate surface area is 130 Å². The van der Waals surface area contributed by atoms with Gasteiger partial charge in [-0.15, -0.1) is 0 Å². The van der Waals surface area contributed by atoms with Crippen molar-refractivity contribution in [3.63, 3.8) is 0 Å². The number of methoxy groups -OCH3 is 1. The lowest BCUT2D eigenvalue weighted by atomic mass is 9.76. The second-order valence-electron chi connectivity index (χ2n) is 6.63. The van der Waals surface area contributed by atoms with Gasteiger partial charge in [0.05, 0.1) is 12.6 Å². The average Bonchev–Trinajstić information content (AvgIpc) is 2.83. The van der Waals surface area contributed by atoms with Gasteiger partial charge in [-0.3, -0.25) is 0 Å². The highest BCUT2D eigenvalue weighted by molar-refractivity contribution is 5.92. The Morgan fingerprint density at radius 3 is 2.59 bits per heavy atom. The first-order chi connectivity index (χ1) is 10.3. The first-order valence-electron chi connectivity index (χ1n) is 7.32. The van der Waals surface area contributed by atoms with Crippen LogP contribution in [0.5, 0.6) is 5.75 Å². The van der Waals surface area contributed by atoms with Crippen molar-refractivity contribution in [2.75, 3.05) is 13.7 Å². The fourth-order valence-corrected chi connectivity index (χ4v) is 2.80. The highest BCUT2D eigenvalue weighted by Gasteiger charge is 2.30. The van der Waals surface area contributed by atoms with Crippen molar-refractivity contribution in [2.24, 2.45) is 11.1 Å². The quantitative estimate of drug-likeness (QED) is 0.904. The summed E-state index contributed by atoms with van der Waals surface area (Å²) in [5.74, 6) is 0.814. The predicted molar refractivity (Wildman–Crippen MR) is 87.3 cm³/mol. The third-order valence-electron chi connectivity index (χ3n) is 4.07. The molecule has 0 aliphatic heterocycles. The lowest BCUT2D eigenvalue weighted by Crippen LogP contribution is -2.26. The van der Waals surface area contributed by atoms with Gasteiger partial charge in [-0.25, -0.2) is 4.79 Å². The molecule has 0 spiro atoms. The number of fused-ring (bicyclic) bond motifs is 1. The van der Waals surface area contributed by atoms with E-state index in [0.29, 0.717) is 0 Å². The van der Waals surface area contributed by atoms with Crippen molar-refractivity contribution >= 4 is 17.0 Å². The SMILES string of the molecule is COc1ccc(C)c2[nH]cc(C(COC(N)=O)C(C)(C)C)c12. The van der Waals surface area contributed by atoms with E-state index in [1.165, 1.54) is 0 Å². The number of nitrogens with one attached hydrogen (secondary N) is 1. The Hall–Kier alpha value is -2.17. The van der Waals surface area contributed by atoms with Crippen molar-refractivity contribution in [1.29, 1.82) is 0 Å². The monoisotopic (exact) mass is 304 g/mol. The maximum absolute atomic E-state index is 11.0. The van der Waals surface area contributed by atoms with Gasteiger partial charge in [0.15, 0.2) is 0 Å². The van der Waals surface area contributed by atoms with Gasteiger partial charge >= 0.3 is 6.09 Å². The van der Waals surface area contributed by atoms with E-state index >= 15 is 0 Å². The molecule has 1 amide bonds. The van der Waals surface area contributed by atoms with Gasteiger partial charge in [0.2, 0.25) is 0 Å². The number of benzene rings is 1. The molecule has 0 aliphatic carbocycles. The molecule has 1 unspecified atom stereocenters. The molecule has 0 saturated heterocycles. The third-order valence-corrected chi connectivity index (χ3v) is 4.07. The first-order valence-corrected chi connectivity index (χ1v) is 7.32. The maximum Gasteiger partial charge on any atom is 0.404 e. The minimum atomic E-state index is -0.753. The van der Waals surface area contributed by atoms with Crippen LogP contribution >= 0.6 is 0 Å². The number of nitrogens with two attached hydrogens (primary N) is 1. The molecule has 5 nitrogen and oxygen atoms in total. The van der Waals surface area contributed by atoms with Gasteiger partial charge in [-0.1, -0.05) is 26.8 Å². The molecule has 2 rings (SSSR count). The number of aryl methyl sites for hydroxylation is 1. The Kier molecular flexibility index (Phi) is 4.35. The van der Waals surface area contributed by atoms with Crippen LogP contribution in [0.3, 0.4) is 0 Å².